The molecule has 0 saturated carbocycles. The van der Waals surface area contributed by atoms with Gasteiger partial charge in [-0.05, 0) is 46.2 Å². The van der Waals surface area contributed by atoms with Gasteiger partial charge in [0.15, 0.2) is 5.96 Å². The Morgan fingerprint density at radius 2 is 2.04 bits per heavy atom. The fraction of sp³-hybridized carbons (Fsp3) is 0.667. The molecule has 1 atom stereocenters. The van der Waals surface area contributed by atoms with Crippen LogP contribution in [0.4, 0.5) is 0 Å². The van der Waals surface area contributed by atoms with Crippen LogP contribution in [0.2, 0.25) is 0 Å². The summed E-state index contributed by atoms with van der Waals surface area (Å²) >= 11 is 0. The van der Waals surface area contributed by atoms with Gasteiger partial charge in [-0.3, -0.25) is 0 Å². The molecule has 1 heterocycles. The van der Waals surface area contributed by atoms with E-state index in [2.05, 4.69) is 68.8 Å². The molecule has 0 bridgehead atoms. The molecule has 7 heteroatoms. The molecule has 160 valence electrons. The Morgan fingerprint density at radius 1 is 1.25 bits per heavy atom. The van der Waals surface area contributed by atoms with Gasteiger partial charge >= 0.3 is 0 Å². The van der Waals surface area contributed by atoms with Crippen LogP contribution in [0, 0.1) is 6.92 Å². The number of nitrogens with one attached hydrogen (secondary N) is 3. The molecule has 1 aromatic carbocycles. The zero-order chi connectivity index (χ0) is 19.7. The summed E-state index contributed by atoms with van der Waals surface area (Å²) in [5.74, 6) is 1.74. The van der Waals surface area contributed by atoms with Crippen molar-refractivity contribution in [2.45, 2.75) is 59.2 Å². The second-order valence-corrected chi connectivity index (χ2v) is 8.01. The lowest BCUT2D eigenvalue weighted by atomic mass is 10.1. The lowest BCUT2D eigenvalue weighted by molar-refractivity contribution is 0.140. The quantitative estimate of drug-likeness (QED) is 0.220. The highest BCUT2D eigenvalue weighted by atomic mass is 127. The molecule has 1 aliphatic heterocycles. The van der Waals surface area contributed by atoms with E-state index in [1.165, 1.54) is 5.56 Å². The lowest BCUT2D eigenvalue weighted by Crippen LogP contribution is -2.44. The second-order valence-electron chi connectivity index (χ2n) is 8.01. The summed E-state index contributed by atoms with van der Waals surface area (Å²) in [5, 5.41) is 10.2. The van der Waals surface area contributed by atoms with Crippen molar-refractivity contribution >= 4 is 29.9 Å². The number of hydrogen-bond acceptors (Lipinski definition) is 4. The van der Waals surface area contributed by atoms with Crippen molar-refractivity contribution in [3.05, 3.63) is 29.3 Å². The number of guanidine groups is 1. The highest BCUT2D eigenvalue weighted by molar-refractivity contribution is 14.0. The Labute approximate surface area is 187 Å². The fourth-order valence-electron chi connectivity index (χ4n) is 2.81. The van der Waals surface area contributed by atoms with E-state index in [9.17, 15) is 0 Å². The van der Waals surface area contributed by atoms with Gasteiger partial charge in [0, 0.05) is 37.2 Å². The van der Waals surface area contributed by atoms with Crippen molar-refractivity contribution in [1.82, 2.24) is 16.0 Å². The van der Waals surface area contributed by atoms with Gasteiger partial charge in [-0.2, -0.15) is 0 Å². The van der Waals surface area contributed by atoms with E-state index in [1.807, 2.05) is 0 Å². The van der Waals surface area contributed by atoms with Gasteiger partial charge in [-0.15, -0.1) is 24.0 Å². The predicted octanol–water partition coefficient (Wildman–Crippen LogP) is 3.22. The molecule has 28 heavy (non-hydrogen) atoms. The van der Waals surface area contributed by atoms with E-state index >= 15 is 0 Å². The van der Waals surface area contributed by atoms with Gasteiger partial charge in [0.1, 0.15) is 11.9 Å². The number of hydrogen-bond donors (Lipinski definition) is 3. The minimum Gasteiger partial charge on any atom is -0.488 e. The van der Waals surface area contributed by atoms with Crippen molar-refractivity contribution in [1.29, 1.82) is 0 Å². The number of rotatable bonds is 8. The zero-order valence-corrected chi connectivity index (χ0v) is 20.3. The molecule has 0 radical (unpaired) electrons. The minimum absolute atomic E-state index is 0. The number of nitrogens with zero attached hydrogens (tertiary/aromatic N) is 1. The smallest absolute Gasteiger partial charge is 0.191 e. The van der Waals surface area contributed by atoms with Crippen LogP contribution in [0.1, 0.15) is 45.2 Å². The van der Waals surface area contributed by atoms with Crippen molar-refractivity contribution in [2.75, 3.05) is 32.8 Å². The molecule has 1 unspecified atom stereocenters. The number of ether oxygens (including phenoxy) is 2. The van der Waals surface area contributed by atoms with Crippen LogP contribution < -0.4 is 20.7 Å². The van der Waals surface area contributed by atoms with E-state index in [0.29, 0.717) is 13.2 Å². The van der Waals surface area contributed by atoms with Crippen LogP contribution >= 0.6 is 24.0 Å². The van der Waals surface area contributed by atoms with E-state index in [4.69, 9.17) is 14.5 Å². The van der Waals surface area contributed by atoms with Gasteiger partial charge in [-0.25, -0.2) is 4.99 Å². The zero-order valence-electron chi connectivity index (χ0n) is 17.9. The molecule has 3 N–H and O–H groups in total. The van der Waals surface area contributed by atoms with Gasteiger partial charge in [-0.1, -0.05) is 12.1 Å². The largest absolute Gasteiger partial charge is 0.488 e. The number of halogens is 1. The number of aliphatic imine (C=N–C) groups is 1. The maximum atomic E-state index is 6.17. The Bertz CT molecular complexity index is 611. The Morgan fingerprint density at radius 3 is 2.68 bits per heavy atom. The first-order chi connectivity index (χ1) is 12.9. The summed E-state index contributed by atoms with van der Waals surface area (Å²) in [6.07, 6.45) is 1.09. The Hall–Kier alpha value is -1.06. The summed E-state index contributed by atoms with van der Waals surface area (Å²) in [6.45, 7) is 15.2. The van der Waals surface area contributed by atoms with E-state index in [-0.39, 0.29) is 35.6 Å². The molecule has 0 spiro atoms. The van der Waals surface area contributed by atoms with Crippen LogP contribution in [-0.4, -0.2) is 50.5 Å². The first kappa shape index (κ1) is 25.0. The van der Waals surface area contributed by atoms with Crippen LogP contribution in [0.25, 0.3) is 0 Å². The minimum atomic E-state index is 0. The topological polar surface area (TPSA) is 66.9 Å². The first-order valence-electron chi connectivity index (χ1n) is 9.98. The molecule has 0 amide bonds. The lowest BCUT2D eigenvalue weighted by Gasteiger charge is -2.21. The number of benzene rings is 1. The van der Waals surface area contributed by atoms with Crippen LogP contribution in [-0.2, 0) is 11.3 Å². The van der Waals surface area contributed by atoms with Crippen molar-refractivity contribution in [3.8, 4) is 5.75 Å². The SMILES string of the molecule is CCNC(=NCc1ccc(C)cc1OC1CCOC1)NCCNC(C)(C)C.I. The molecule has 2 rings (SSSR count). The van der Waals surface area contributed by atoms with Gasteiger partial charge in [0.25, 0.3) is 0 Å². The number of aryl methyl sites for hydroxylation is 1. The average molecular weight is 504 g/mol. The second kappa shape index (κ2) is 12.5. The third-order valence-corrected chi connectivity index (χ3v) is 4.23. The van der Waals surface area contributed by atoms with Gasteiger partial charge in [0.2, 0.25) is 0 Å². The molecule has 1 aliphatic rings. The van der Waals surface area contributed by atoms with Crippen molar-refractivity contribution in [2.24, 2.45) is 4.99 Å². The maximum Gasteiger partial charge on any atom is 0.191 e. The molecule has 1 aromatic rings. The van der Waals surface area contributed by atoms with E-state index in [1.54, 1.807) is 0 Å². The molecule has 1 saturated heterocycles. The molecule has 0 aliphatic carbocycles. The summed E-state index contributed by atoms with van der Waals surface area (Å²) in [5.41, 5.74) is 2.40. The van der Waals surface area contributed by atoms with Crippen molar-refractivity contribution < 1.29 is 9.47 Å². The fourth-order valence-corrected chi connectivity index (χ4v) is 2.81. The van der Waals surface area contributed by atoms with Crippen LogP contribution in [0.3, 0.4) is 0 Å². The van der Waals surface area contributed by atoms with Crippen LogP contribution in [0.15, 0.2) is 23.2 Å². The van der Waals surface area contributed by atoms with Gasteiger partial charge in [0.05, 0.1) is 19.8 Å². The summed E-state index contributed by atoms with van der Waals surface area (Å²) in [4.78, 5) is 4.74. The van der Waals surface area contributed by atoms with Crippen molar-refractivity contribution in [3.63, 3.8) is 0 Å². The Kier molecular flexibility index (Phi) is 11.1. The maximum absolute atomic E-state index is 6.17. The highest BCUT2D eigenvalue weighted by Gasteiger charge is 2.18. The molecular formula is C21H37IN4O2. The summed E-state index contributed by atoms with van der Waals surface area (Å²) in [7, 11) is 0. The summed E-state index contributed by atoms with van der Waals surface area (Å²) < 4.78 is 11.6. The third kappa shape index (κ3) is 9.43. The Balaban J connectivity index is 0.00000392. The monoisotopic (exact) mass is 504 g/mol. The molecule has 1 fully saturated rings. The van der Waals surface area contributed by atoms with E-state index < -0.39 is 0 Å². The standard InChI is InChI=1S/C21H36N4O2.HI/c1-6-22-20(23-10-11-25-21(3,4)5)24-14-17-8-7-16(2)13-19(17)27-18-9-12-26-15-18;/h7-8,13,18,25H,6,9-12,14-15H2,1-5H3,(H2,22,23,24);1H. The molecule has 6 nitrogen and oxygen atoms in total. The van der Waals surface area contributed by atoms with E-state index in [0.717, 1.165) is 49.9 Å². The normalized spacial score (nSPS) is 17.2. The average Bonchev–Trinajstić information content (AvgIpc) is 3.10. The summed E-state index contributed by atoms with van der Waals surface area (Å²) in [6, 6.07) is 6.31. The molecular weight excluding hydrogens is 467 g/mol. The third-order valence-electron chi connectivity index (χ3n) is 4.23. The molecule has 0 aromatic heterocycles. The van der Waals surface area contributed by atoms with Crippen LogP contribution in [0.5, 0.6) is 5.75 Å². The predicted molar refractivity (Wildman–Crippen MR) is 127 cm³/mol. The first-order valence-corrected chi connectivity index (χ1v) is 9.98. The van der Waals surface area contributed by atoms with Gasteiger partial charge < -0.3 is 25.4 Å². The highest BCUT2D eigenvalue weighted by Crippen LogP contribution is 2.24.